The van der Waals surface area contributed by atoms with Crippen molar-refractivity contribution in [3.8, 4) is 0 Å². The molecule has 5 heteroatoms. The number of nitrogens with zero attached hydrogens (tertiary/aromatic N) is 3. The van der Waals surface area contributed by atoms with E-state index in [9.17, 15) is 0 Å². The lowest BCUT2D eigenvalue weighted by Crippen LogP contribution is -2.24. The van der Waals surface area contributed by atoms with Crippen molar-refractivity contribution in [1.82, 2.24) is 19.9 Å². The topological polar surface area (TPSA) is 55.9 Å². The van der Waals surface area contributed by atoms with Gasteiger partial charge in [0.2, 0.25) is 5.89 Å². The minimum absolute atomic E-state index is 0.0652. The van der Waals surface area contributed by atoms with Crippen LogP contribution in [0.1, 0.15) is 43.4 Å². The molecule has 2 heterocycles. The van der Waals surface area contributed by atoms with Crippen LogP contribution in [0.3, 0.4) is 0 Å². The molecule has 0 aliphatic carbocycles. The van der Waals surface area contributed by atoms with Crippen molar-refractivity contribution in [2.75, 3.05) is 0 Å². The lowest BCUT2D eigenvalue weighted by atomic mass is 10.2. The maximum atomic E-state index is 5.49. The third kappa shape index (κ3) is 2.55. The smallest absolute Gasteiger partial charge is 0.211 e. The molecule has 2 rings (SSSR count). The van der Waals surface area contributed by atoms with Crippen LogP contribution in [-0.2, 0) is 7.05 Å². The number of imidazole rings is 1. The van der Waals surface area contributed by atoms with Crippen LogP contribution in [0.2, 0.25) is 0 Å². The first-order valence-corrected chi connectivity index (χ1v) is 5.73. The molecule has 2 aromatic rings. The Morgan fingerprint density at radius 2 is 2.06 bits per heavy atom. The molecule has 92 valence electrons. The second-order valence-electron chi connectivity index (χ2n) is 4.32. The molecule has 2 aromatic heterocycles. The van der Waals surface area contributed by atoms with Gasteiger partial charge < -0.3 is 8.98 Å². The van der Waals surface area contributed by atoms with Gasteiger partial charge in [0.05, 0.1) is 18.3 Å². The standard InChI is InChI=1S/C12H18N4O/c1-8-7-14-12(17-8)10(3)15-9(2)11-13-5-6-16(11)4/h5-7,9-10,15H,1-4H3. The summed E-state index contributed by atoms with van der Waals surface area (Å²) in [5.74, 6) is 2.54. The molecular weight excluding hydrogens is 216 g/mol. The summed E-state index contributed by atoms with van der Waals surface area (Å²) in [5, 5.41) is 3.41. The Morgan fingerprint density at radius 1 is 1.29 bits per heavy atom. The highest BCUT2D eigenvalue weighted by molar-refractivity contribution is 5.00. The summed E-state index contributed by atoms with van der Waals surface area (Å²) < 4.78 is 7.50. The summed E-state index contributed by atoms with van der Waals surface area (Å²) in [6, 6.07) is 0.215. The Morgan fingerprint density at radius 3 is 2.59 bits per heavy atom. The van der Waals surface area contributed by atoms with Crippen molar-refractivity contribution in [1.29, 1.82) is 0 Å². The lowest BCUT2D eigenvalue weighted by molar-refractivity contribution is 0.372. The average molecular weight is 234 g/mol. The second-order valence-corrected chi connectivity index (χ2v) is 4.32. The quantitative estimate of drug-likeness (QED) is 0.880. The Hall–Kier alpha value is -1.62. The molecule has 0 aliphatic heterocycles. The predicted molar refractivity (Wildman–Crippen MR) is 64.4 cm³/mol. The molecule has 2 atom stereocenters. The maximum Gasteiger partial charge on any atom is 0.211 e. The van der Waals surface area contributed by atoms with E-state index in [2.05, 4.69) is 22.2 Å². The fourth-order valence-corrected chi connectivity index (χ4v) is 1.89. The molecular formula is C12H18N4O. The van der Waals surface area contributed by atoms with Crippen molar-refractivity contribution >= 4 is 0 Å². The number of nitrogens with one attached hydrogen (secondary N) is 1. The zero-order chi connectivity index (χ0) is 12.4. The van der Waals surface area contributed by atoms with Gasteiger partial charge in [-0.1, -0.05) is 0 Å². The molecule has 17 heavy (non-hydrogen) atoms. The van der Waals surface area contributed by atoms with Gasteiger partial charge in [-0.25, -0.2) is 9.97 Å². The van der Waals surface area contributed by atoms with Crippen molar-refractivity contribution in [2.45, 2.75) is 32.9 Å². The fourth-order valence-electron chi connectivity index (χ4n) is 1.89. The van der Waals surface area contributed by atoms with Crippen LogP contribution in [0.4, 0.5) is 0 Å². The van der Waals surface area contributed by atoms with E-state index in [0.717, 1.165) is 11.6 Å². The van der Waals surface area contributed by atoms with E-state index in [1.54, 1.807) is 12.4 Å². The summed E-state index contributed by atoms with van der Waals surface area (Å²) >= 11 is 0. The Labute approximate surface area is 101 Å². The van der Waals surface area contributed by atoms with Gasteiger partial charge in [0, 0.05) is 19.4 Å². The van der Waals surface area contributed by atoms with Gasteiger partial charge >= 0.3 is 0 Å². The molecule has 0 aromatic carbocycles. The van der Waals surface area contributed by atoms with Crippen LogP contribution >= 0.6 is 0 Å². The SMILES string of the molecule is Cc1cnc(C(C)NC(C)c2nccn2C)o1. The summed E-state index contributed by atoms with van der Waals surface area (Å²) in [5.41, 5.74) is 0. The Bertz CT molecular complexity index is 488. The zero-order valence-corrected chi connectivity index (χ0v) is 10.6. The molecule has 1 N–H and O–H groups in total. The average Bonchev–Trinajstić information content (AvgIpc) is 2.86. The van der Waals surface area contributed by atoms with E-state index < -0.39 is 0 Å². The molecule has 0 radical (unpaired) electrons. The second kappa shape index (κ2) is 4.71. The molecule has 0 amide bonds. The molecule has 0 fully saturated rings. The van der Waals surface area contributed by atoms with Crippen LogP contribution in [0.25, 0.3) is 0 Å². The highest BCUT2D eigenvalue weighted by Gasteiger charge is 2.17. The minimum atomic E-state index is 0.0652. The van der Waals surface area contributed by atoms with Gasteiger partial charge in [-0.2, -0.15) is 0 Å². The monoisotopic (exact) mass is 234 g/mol. The Kier molecular flexibility index (Phi) is 3.28. The van der Waals surface area contributed by atoms with E-state index in [4.69, 9.17) is 4.42 Å². The summed E-state index contributed by atoms with van der Waals surface area (Å²) in [6.07, 6.45) is 5.47. The molecule has 0 saturated heterocycles. The Balaban J connectivity index is 2.04. The van der Waals surface area contributed by atoms with Gasteiger partial charge in [0.15, 0.2) is 0 Å². The van der Waals surface area contributed by atoms with E-state index >= 15 is 0 Å². The van der Waals surface area contributed by atoms with Crippen molar-refractivity contribution < 1.29 is 4.42 Å². The number of hydrogen-bond acceptors (Lipinski definition) is 4. The lowest BCUT2D eigenvalue weighted by Gasteiger charge is -2.17. The van der Waals surface area contributed by atoms with E-state index in [1.165, 1.54) is 0 Å². The van der Waals surface area contributed by atoms with Crippen LogP contribution < -0.4 is 5.32 Å². The van der Waals surface area contributed by atoms with Crippen LogP contribution in [-0.4, -0.2) is 14.5 Å². The number of aromatic nitrogens is 3. The summed E-state index contributed by atoms with van der Waals surface area (Å²) in [6.45, 7) is 6.00. The highest BCUT2D eigenvalue weighted by Crippen LogP contribution is 2.17. The zero-order valence-electron chi connectivity index (χ0n) is 10.6. The molecule has 2 unspecified atom stereocenters. The maximum absolute atomic E-state index is 5.49. The first-order valence-electron chi connectivity index (χ1n) is 5.73. The first kappa shape index (κ1) is 11.9. The normalized spacial score (nSPS) is 14.8. The van der Waals surface area contributed by atoms with E-state index in [1.807, 2.05) is 31.7 Å². The number of oxazole rings is 1. The highest BCUT2D eigenvalue weighted by atomic mass is 16.4. The van der Waals surface area contributed by atoms with E-state index in [-0.39, 0.29) is 12.1 Å². The van der Waals surface area contributed by atoms with Gasteiger partial charge in [-0.05, 0) is 20.8 Å². The van der Waals surface area contributed by atoms with Gasteiger partial charge in [-0.15, -0.1) is 0 Å². The van der Waals surface area contributed by atoms with Crippen LogP contribution in [0, 0.1) is 6.92 Å². The van der Waals surface area contributed by atoms with E-state index in [0.29, 0.717) is 5.89 Å². The third-order valence-corrected chi connectivity index (χ3v) is 2.76. The van der Waals surface area contributed by atoms with Gasteiger partial charge in [0.1, 0.15) is 11.6 Å². The first-order chi connectivity index (χ1) is 8.08. The van der Waals surface area contributed by atoms with Gasteiger partial charge in [-0.3, -0.25) is 5.32 Å². The minimum Gasteiger partial charge on any atom is -0.444 e. The van der Waals surface area contributed by atoms with Crippen LogP contribution in [0.5, 0.6) is 0 Å². The third-order valence-electron chi connectivity index (χ3n) is 2.76. The molecule has 0 saturated carbocycles. The van der Waals surface area contributed by atoms with Crippen molar-refractivity contribution in [3.63, 3.8) is 0 Å². The largest absolute Gasteiger partial charge is 0.444 e. The summed E-state index contributed by atoms with van der Waals surface area (Å²) in [7, 11) is 1.99. The summed E-state index contributed by atoms with van der Waals surface area (Å²) in [4.78, 5) is 8.53. The molecule has 5 nitrogen and oxygen atoms in total. The van der Waals surface area contributed by atoms with Crippen LogP contribution in [0.15, 0.2) is 23.0 Å². The number of aryl methyl sites for hydroxylation is 2. The fraction of sp³-hybridized carbons (Fsp3) is 0.500. The molecule has 0 spiro atoms. The molecule has 0 bridgehead atoms. The van der Waals surface area contributed by atoms with Crippen molar-refractivity contribution in [3.05, 3.63) is 36.1 Å². The number of hydrogen-bond donors (Lipinski definition) is 1. The molecule has 0 aliphatic rings. The predicted octanol–water partition coefficient (Wildman–Crippen LogP) is 2.13. The van der Waals surface area contributed by atoms with Gasteiger partial charge in [0.25, 0.3) is 0 Å². The number of rotatable bonds is 4. The van der Waals surface area contributed by atoms with Crippen molar-refractivity contribution in [2.24, 2.45) is 7.05 Å².